The molecule has 112 valence electrons. The van der Waals surface area contributed by atoms with Gasteiger partial charge in [-0.25, -0.2) is 15.8 Å². The molecule has 0 bridgehead atoms. The number of aromatic nitrogens is 2. The number of hydrogen-bond donors (Lipinski definition) is 2. The van der Waals surface area contributed by atoms with E-state index in [-0.39, 0.29) is 0 Å². The number of piperidine rings is 1. The van der Waals surface area contributed by atoms with E-state index in [2.05, 4.69) is 20.3 Å². The van der Waals surface area contributed by atoms with E-state index in [9.17, 15) is 0 Å². The van der Waals surface area contributed by atoms with Crippen LogP contribution in [0.3, 0.4) is 0 Å². The Morgan fingerprint density at radius 3 is 2.65 bits per heavy atom. The van der Waals surface area contributed by atoms with Crippen molar-refractivity contribution in [3.8, 4) is 0 Å². The van der Waals surface area contributed by atoms with Gasteiger partial charge < -0.3 is 19.8 Å². The molecule has 20 heavy (non-hydrogen) atoms. The molecular formula is C13H23N5O2. The van der Waals surface area contributed by atoms with Gasteiger partial charge in [-0.1, -0.05) is 0 Å². The number of hydrogen-bond acceptors (Lipinski definition) is 7. The summed E-state index contributed by atoms with van der Waals surface area (Å²) in [6.45, 7) is 3.16. The predicted octanol–water partition coefficient (Wildman–Crippen LogP) is 0.771. The molecule has 7 heteroatoms. The summed E-state index contributed by atoms with van der Waals surface area (Å²) in [5, 5.41) is 0. The minimum atomic E-state index is 0.378. The third kappa shape index (κ3) is 3.78. The third-order valence-electron chi connectivity index (χ3n) is 3.52. The Hall–Kier alpha value is -1.44. The molecular weight excluding hydrogens is 258 g/mol. The van der Waals surface area contributed by atoms with Crippen molar-refractivity contribution in [2.24, 2.45) is 11.8 Å². The normalized spacial score (nSPS) is 16.4. The lowest BCUT2D eigenvalue weighted by Crippen LogP contribution is -2.35. The lowest BCUT2D eigenvalue weighted by molar-refractivity contribution is 0.139. The average molecular weight is 281 g/mol. The maximum absolute atomic E-state index is 5.46. The van der Waals surface area contributed by atoms with Crippen LogP contribution in [-0.2, 0) is 16.1 Å². The first kappa shape index (κ1) is 15.0. The van der Waals surface area contributed by atoms with E-state index in [0.717, 1.165) is 38.4 Å². The molecule has 1 aliphatic rings. The average Bonchev–Trinajstić information content (AvgIpc) is 2.48. The van der Waals surface area contributed by atoms with E-state index in [1.807, 2.05) is 6.07 Å². The van der Waals surface area contributed by atoms with Crippen molar-refractivity contribution in [2.75, 3.05) is 44.2 Å². The SMILES string of the molecule is COCc1nc(NN)cc(N2CCC(COC)CC2)n1. The van der Waals surface area contributed by atoms with Crippen molar-refractivity contribution < 1.29 is 9.47 Å². The van der Waals surface area contributed by atoms with Gasteiger partial charge in [0.15, 0.2) is 5.82 Å². The van der Waals surface area contributed by atoms with E-state index in [4.69, 9.17) is 15.3 Å². The smallest absolute Gasteiger partial charge is 0.158 e. The van der Waals surface area contributed by atoms with E-state index in [1.54, 1.807) is 14.2 Å². The summed E-state index contributed by atoms with van der Waals surface area (Å²) >= 11 is 0. The van der Waals surface area contributed by atoms with Crippen LogP contribution in [0.2, 0.25) is 0 Å². The molecule has 1 fully saturated rings. The molecule has 2 heterocycles. The van der Waals surface area contributed by atoms with Crippen molar-refractivity contribution in [3.05, 3.63) is 11.9 Å². The van der Waals surface area contributed by atoms with Gasteiger partial charge in [-0.05, 0) is 18.8 Å². The predicted molar refractivity (Wildman–Crippen MR) is 77.4 cm³/mol. The maximum Gasteiger partial charge on any atom is 0.158 e. The van der Waals surface area contributed by atoms with E-state index < -0.39 is 0 Å². The number of nitrogens with one attached hydrogen (secondary N) is 1. The van der Waals surface area contributed by atoms with Crippen LogP contribution < -0.4 is 16.2 Å². The first-order chi connectivity index (χ1) is 9.76. The summed E-state index contributed by atoms with van der Waals surface area (Å²) in [7, 11) is 3.38. The van der Waals surface area contributed by atoms with Gasteiger partial charge in [0.1, 0.15) is 18.2 Å². The van der Waals surface area contributed by atoms with E-state index in [0.29, 0.717) is 24.2 Å². The molecule has 1 saturated heterocycles. The molecule has 0 radical (unpaired) electrons. The van der Waals surface area contributed by atoms with Crippen molar-refractivity contribution in [1.29, 1.82) is 0 Å². The first-order valence-electron chi connectivity index (χ1n) is 6.84. The Kier molecular flexibility index (Phi) is 5.51. The minimum Gasteiger partial charge on any atom is -0.384 e. The molecule has 1 aliphatic heterocycles. The zero-order valence-corrected chi connectivity index (χ0v) is 12.1. The van der Waals surface area contributed by atoms with Gasteiger partial charge in [-0.2, -0.15) is 0 Å². The Labute approximate surface area is 119 Å². The molecule has 0 spiro atoms. The molecule has 7 nitrogen and oxygen atoms in total. The van der Waals surface area contributed by atoms with Crippen molar-refractivity contribution in [3.63, 3.8) is 0 Å². The van der Waals surface area contributed by atoms with Crippen LogP contribution in [0.1, 0.15) is 18.7 Å². The third-order valence-corrected chi connectivity index (χ3v) is 3.52. The van der Waals surface area contributed by atoms with Crippen LogP contribution in [0.15, 0.2) is 6.07 Å². The van der Waals surface area contributed by atoms with Gasteiger partial charge in [-0.3, -0.25) is 0 Å². The lowest BCUT2D eigenvalue weighted by atomic mass is 9.98. The number of methoxy groups -OCH3 is 2. The van der Waals surface area contributed by atoms with Crippen molar-refractivity contribution in [2.45, 2.75) is 19.4 Å². The second kappa shape index (κ2) is 7.37. The van der Waals surface area contributed by atoms with Crippen LogP contribution in [0.25, 0.3) is 0 Å². The molecule has 1 aromatic heterocycles. The topological polar surface area (TPSA) is 85.5 Å². The highest BCUT2D eigenvalue weighted by Crippen LogP contribution is 2.23. The summed E-state index contributed by atoms with van der Waals surface area (Å²) < 4.78 is 10.3. The van der Waals surface area contributed by atoms with Gasteiger partial charge in [0, 0.05) is 40.0 Å². The summed E-state index contributed by atoms with van der Waals surface area (Å²) in [6, 6.07) is 1.87. The van der Waals surface area contributed by atoms with E-state index >= 15 is 0 Å². The molecule has 0 saturated carbocycles. The first-order valence-corrected chi connectivity index (χ1v) is 6.84. The number of nitrogens with two attached hydrogens (primary N) is 1. The Balaban J connectivity index is 2.06. The highest BCUT2D eigenvalue weighted by Gasteiger charge is 2.21. The molecule has 0 aromatic carbocycles. The highest BCUT2D eigenvalue weighted by atomic mass is 16.5. The molecule has 2 rings (SSSR count). The zero-order valence-electron chi connectivity index (χ0n) is 12.1. The van der Waals surface area contributed by atoms with E-state index in [1.165, 1.54) is 0 Å². The highest BCUT2D eigenvalue weighted by molar-refractivity contribution is 5.49. The molecule has 0 aliphatic carbocycles. The number of anilines is 2. The Morgan fingerprint density at radius 2 is 2.05 bits per heavy atom. The van der Waals surface area contributed by atoms with Gasteiger partial charge in [0.05, 0.1) is 0 Å². The maximum atomic E-state index is 5.46. The fourth-order valence-corrected chi connectivity index (χ4v) is 2.48. The number of nitrogen functional groups attached to an aromatic ring is 1. The van der Waals surface area contributed by atoms with Crippen LogP contribution in [-0.4, -0.2) is 43.9 Å². The minimum absolute atomic E-state index is 0.378. The molecule has 0 unspecified atom stereocenters. The number of nitrogens with zero attached hydrogens (tertiary/aromatic N) is 3. The summed E-state index contributed by atoms with van der Waals surface area (Å²) in [4.78, 5) is 11.0. The van der Waals surface area contributed by atoms with Crippen LogP contribution in [0.4, 0.5) is 11.6 Å². The second-order valence-electron chi connectivity index (χ2n) is 4.99. The monoisotopic (exact) mass is 281 g/mol. The van der Waals surface area contributed by atoms with Gasteiger partial charge in [0.2, 0.25) is 0 Å². The number of rotatable bonds is 6. The van der Waals surface area contributed by atoms with Crippen molar-refractivity contribution in [1.82, 2.24) is 9.97 Å². The quantitative estimate of drug-likeness (QED) is 0.588. The molecule has 0 amide bonds. The largest absolute Gasteiger partial charge is 0.384 e. The van der Waals surface area contributed by atoms with Gasteiger partial charge in [0.25, 0.3) is 0 Å². The van der Waals surface area contributed by atoms with Crippen molar-refractivity contribution >= 4 is 11.6 Å². The summed E-state index contributed by atoms with van der Waals surface area (Å²) in [6.07, 6.45) is 2.23. The molecule has 1 aromatic rings. The number of hydrazine groups is 1. The molecule has 0 atom stereocenters. The summed E-state index contributed by atoms with van der Waals surface area (Å²) in [5.41, 5.74) is 2.58. The Morgan fingerprint density at radius 1 is 1.30 bits per heavy atom. The fourth-order valence-electron chi connectivity index (χ4n) is 2.48. The van der Waals surface area contributed by atoms with Crippen LogP contribution in [0, 0.1) is 5.92 Å². The molecule has 3 N–H and O–H groups in total. The van der Waals surface area contributed by atoms with Gasteiger partial charge in [-0.15, -0.1) is 0 Å². The summed E-state index contributed by atoms with van der Waals surface area (Å²) in [5.74, 6) is 8.25. The van der Waals surface area contributed by atoms with Gasteiger partial charge >= 0.3 is 0 Å². The zero-order chi connectivity index (χ0) is 14.4. The fraction of sp³-hybridized carbons (Fsp3) is 0.692. The number of ether oxygens (including phenoxy) is 2. The standard InChI is InChI=1S/C13H23N5O2/c1-19-8-10-3-5-18(6-4-10)13-7-11(17-14)15-12(16-13)9-20-2/h7,10H,3-6,8-9,14H2,1-2H3,(H,15,16,17). The Bertz CT molecular complexity index is 421. The van der Waals surface area contributed by atoms with Crippen LogP contribution in [0.5, 0.6) is 0 Å². The van der Waals surface area contributed by atoms with Crippen LogP contribution >= 0.6 is 0 Å². The lowest BCUT2D eigenvalue weighted by Gasteiger charge is -2.32. The second-order valence-corrected chi connectivity index (χ2v) is 4.99.